The van der Waals surface area contributed by atoms with Gasteiger partial charge in [0.1, 0.15) is 11.5 Å². The Hall–Kier alpha value is -1.02. The van der Waals surface area contributed by atoms with Crippen LogP contribution in [0, 0.1) is 13.8 Å². The topological polar surface area (TPSA) is 13.1 Å². The maximum atomic E-state index is 5.72. The Morgan fingerprint density at radius 2 is 1.75 bits per heavy atom. The van der Waals surface area contributed by atoms with E-state index < -0.39 is 0 Å². The van der Waals surface area contributed by atoms with Crippen LogP contribution in [0.3, 0.4) is 0 Å². The predicted octanol–water partition coefficient (Wildman–Crippen LogP) is 6.53. The summed E-state index contributed by atoms with van der Waals surface area (Å²) in [4.78, 5) is 2.72. The lowest BCUT2D eigenvalue weighted by Gasteiger charge is -2.00. The van der Waals surface area contributed by atoms with Crippen molar-refractivity contribution in [1.82, 2.24) is 0 Å². The van der Waals surface area contributed by atoms with E-state index in [0.717, 1.165) is 11.5 Å². The average molecular weight is 290 g/mol. The zero-order chi connectivity index (χ0) is 14.4. The molecule has 0 unspecified atom stereocenters. The van der Waals surface area contributed by atoms with Crippen LogP contribution < -0.4 is 0 Å². The quantitative estimate of drug-likeness (QED) is 0.504. The van der Waals surface area contributed by atoms with Crippen molar-refractivity contribution in [1.29, 1.82) is 0 Å². The third-order valence-electron chi connectivity index (χ3n) is 3.80. The number of rotatable bonds is 8. The molecule has 0 N–H and O–H groups in total. The maximum absolute atomic E-state index is 5.72. The first-order valence-electron chi connectivity index (χ1n) is 7.87. The van der Waals surface area contributed by atoms with Gasteiger partial charge in [-0.05, 0) is 50.5 Å². The van der Waals surface area contributed by atoms with Gasteiger partial charge in [-0.3, -0.25) is 0 Å². The molecule has 0 saturated carbocycles. The molecule has 0 saturated heterocycles. The first kappa shape index (κ1) is 15.4. The van der Waals surface area contributed by atoms with Gasteiger partial charge in [-0.1, -0.05) is 39.0 Å². The molecule has 2 heterocycles. The van der Waals surface area contributed by atoms with Gasteiger partial charge in [0.2, 0.25) is 0 Å². The van der Waals surface area contributed by atoms with Crippen molar-refractivity contribution in [3.05, 3.63) is 34.4 Å². The van der Waals surface area contributed by atoms with Crippen LogP contribution in [0.1, 0.15) is 61.6 Å². The molecule has 0 fully saturated rings. The summed E-state index contributed by atoms with van der Waals surface area (Å²) < 4.78 is 5.72. The fraction of sp³-hybridized carbons (Fsp3) is 0.556. The van der Waals surface area contributed by atoms with Crippen molar-refractivity contribution in [2.45, 2.75) is 65.7 Å². The standard InChI is InChI=1S/C18H26OS/c1-4-5-6-7-8-9-10-16-13-18(20-15(16)3)17-12-11-14(2)19-17/h11-13H,4-10H2,1-3H3. The largest absolute Gasteiger partial charge is 0.461 e. The minimum atomic E-state index is 0.989. The summed E-state index contributed by atoms with van der Waals surface area (Å²) in [5, 5.41) is 0. The summed E-state index contributed by atoms with van der Waals surface area (Å²) in [6.45, 7) is 6.50. The number of hydrogen-bond acceptors (Lipinski definition) is 2. The lowest BCUT2D eigenvalue weighted by atomic mass is 10.1. The van der Waals surface area contributed by atoms with E-state index in [4.69, 9.17) is 4.42 Å². The van der Waals surface area contributed by atoms with Gasteiger partial charge in [-0.25, -0.2) is 0 Å². The van der Waals surface area contributed by atoms with Crippen molar-refractivity contribution in [3.8, 4) is 10.6 Å². The molecule has 0 bridgehead atoms. The zero-order valence-corrected chi connectivity index (χ0v) is 13.8. The molecule has 20 heavy (non-hydrogen) atoms. The minimum absolute atomic E-state index is 0.989. The molecule has 0 radical (unpaired) electrons. The van der Waals surface area contributed by atoms with E-state index in [1.54, 1.807) is 0 Å². The van der Waals surface area contributed by atoms with E-state index in [2.05, 4.69) is 26.0 Å². The summed E-state index contributed by atoms with van der Waals surface area (Å²) in [7, 11) is 0. The van der Waals surface area contributed by atoms with Crippen LogP contribution in [0.25, 0.3) is 10.6 Å². The molecule has 0 aliphatic rings. The van der Waals surface area contributed by atoms with Gasteiger partial charge >= 0.3 is 0 Å². The Bertz CT molecular complexity index is 521. The van der Waals surface area contributed by atoms with Crippen LogP contribution in [-0.2, 0) is 6.42 Å². The van der Waals surface area contributed by atoms with Crippen LogP contribution in [0.2, 0.25) is 0 Å². The third-order valence-corrected chi connectivity index (χ3v) is 4.91. The van der Waals surface area contributed by atoms with Crippen molar-refractivity contribution in [3.63, 3.8) is 0 Å². The second-order valence-corrected chi connectivity index (χ2v) is 6.88. The van der Waals surface area contributed by atoms with Gasteiger partial charge in [-0.15, -0.1) is 11.3 Å². The van der Waals surface area contributed by atoms with E-state index >= 15 is 0 Å². The highest BCUT2D eigenvalue weighted by Crippen LogP contribution is 2.33. The van der Waals surface area contributed by atoms with Gasteiger partial charge < -0.3 is 4.42 Å². The van der Waals surface area contributed by atoms with Gasteiger partial charge in [0.25, 0.3) is 0 Å². The minimum Gasteiger partial charge on any atom is -0.461 e. The molecule has 110 valence electrons. The van der Waals surface area contributed by atoms with Crippen LogP contribution in [0.15, 0.2) is 22.6 Å². The highest BCUT2D eigenvalue weighted by Gasteiger charge is 2.09. The SMILES string of the molecule is CCCCCCCCc1cc(-c2ccc(C)o2)sc1C. The van der Waals surface area contributed by atoms with E-state index in [-0.39, 0.29) is 0 Å². The molecule has 2 rings (SSSR count). The van der Waals surface area contributed by atoms with Crippen LogP contribution in [0.5, 0.6) is 0 Å². The summed E-state index contributed by atoms with van der Waals surface area (Å²) in [5.74, 6) is 2.01. The number of unbranched alkanes of at least 4 members (excludes halogenated alkanes) is 5. The van der Waals surface area contributed by atoms with Crippen LogP contribution >= 0.6 is 11.3 Å². The smallest absolute Gasteiger partial charge is 0.144 e. The molecule has 2 aromatic rings. The number of aryl methyl sites for hydroxylation is 3. The molecule has 1 nitrogen and oxygen atoms in total. The molecule has 0 aliphatic heterocycles. The van der Waals surface area contributed by atoms with E-state index in [1.165, 1.54) is 60.3 Å². The second kappa shape index (κ2) is 7.68. The monoisotopic (exact) mass is 290 g/mol. The molecule has 0 spiro atoms. The van der Waals surface area contributed by atoms with E-state index in [1.807, 2.05) is 24.3 Å². The first-order valence-corrected chi connectivity index (χ1v) is 8.68. The maximum Gasteiger partial charge on any atom is 0.144 e. The van der Waals surface area contributed by atoms with E-state index in [0.29, 0.717) is 0 Å². The third kappa shape index (κ3) is 4.24. The molecular formula is C18H26OS. The predicted molar refractivity (Wildman–Crippen MR) is 88.6 cm³/mol. The lowest BCUT2D eigenvalue weighted by Crippen LogP contribution is -1.85. The fourth-order valence-electron chi connectivity index (χ4n) is 2.55. The van der Waals surface area contributed by atoms with Crippen LogP contribution in [0.4, 0.5) is 0 Å². The van der Waals surface area contributed by atoms with Crippen LogP contribution in [-0.4, -0.2) is 0 Å². The molecule has 0 atom stereocenters. The molecule has 0 aromatic carbocycles. The average Bonchev–Trinajstić information content (AvgIpc) is 3.00. The normalized spacial score (nSPS) is 11.2. The van der Waals surface area contributed by atoms with Crippen molar-refractivity contribution < 1.29 is 4.42 Å². The summed E-state index contributed by atoms with van der Waals surface area (Å²) >= 11 is 1.86. The molecule has 2 heteroatoms. The van der Waals surface area contributed by atoms with Gasteiger partial charge in [-0.2, -0.15) is 0 Å². The van der Waals surface area contributed by atoms with Gasteiger partial charge in [0.05, 0.1) is 4.88 Å². The first-order chi connectivity index (χ1) is 9.70. The summed E-state index contributed by atoms with van der Waals surface area (Å²) in [6, 6.07) is 6.44. The molecule has 0 amide bonds. The molecule has 0 aliphatic carbocycles. The van der Waals surface area contributed by atoms with Crippen molar-refractivity contribution >= 4 is 11.3 Å². The Kier molecular flexibility index (Phi) is 5.90. The highest BCUT2D eigenvalue weighted by molar-refractivity contribution is 7.15. The number of furan rings is 1. The summed E-state index contributed by atoms with van der Waals surface area (Å²) in [5.41, 5.74) is 1.51. The Morgan fingerprint density at radius 1 is 1.00 bits per heavy atom. The zero-order valence-electron chi connectivity index (χ0n) is 13.0. The van der Waals surface area contributed by atoms with Gasteiger partial charge in [0, 0.05) is 4.88 Å². The molecular weight excluding hydrogens is 264 g/mol. The van der Waals surface area contributed by atoms with Gasteiger partial charge in [0.15, 0.2) is 0 Å². The van der Waals surface area contributed by atoms with Crippen molar-refractivity contribution in [2.75, 3.05) is 0 Å². The lowest BCUT2D eigenvalue weighted by molar-refractivity contribution is 0.549. The van der Waals surface area contributed by atoms with Crippen molar-refractivity contribution in [2.24, 2.45) is 0 Å². The highest BCUT2D eigenvalue weighted by atomic mass is 32.1. The second-order valence-electron chi connectivity index (χ2n) is 5.62. The Balaban J connectivity index is 1.85. The Morgan fingerprint density at radius 3 is 2.45 bits per heavy atom. The fourth-order valence-corrected chi connectivity index (χ4v) is 3.59. The number of hydrogen-bond donors (Lipinski definition) is 0. The molecule has 2 aromatic heterocycles. The number of thiophene rings is 1. The van der Waals surface area contributed by atoms with E-state index in [9.17, 15) is 0 Å². The Labute approximate surface area is 127 Å². The summed E-state index contributed by atoms with van der Waals surface area (Å²) in [6.07, 6.45) is 9.41.